The number of carbonyl (C=O) groups is 2. The molecule has 0 spiro atoms. The van der Waals surface area contributed by atoms with Crippen LogP contribution in [-0.4, -0.2) is 82.0 Å². The molecule has 0 radical (unpaired) electrons. The van der Waals surface area contributed by atoms with Crippen molar-refractivity contribution >= 4 is 28.0 Å². The number of benzene rings is 4. The Morgan fingerprint density at radius 3 is 2.47 bits per heavy atom. The highest BCUT2D eigenvalue weighted by Gasteiger charge is 2.43. The standard InChI is InChI=1S/C65H80N4O7/c1-5-10-58-49-28-48(27-44-17-21-57(43-11-8-7-9-12-43)59-36-63(75)64(76-4)32-45(59)16-19-54(71)35-62(74)60(44)31-49)56(22-20-53(70)6-2)46-23-24-67-65(33-46)69-51-18-15-42-14-13-41(25-47(42)29-51)26-55(72)39-66-37-40(3)50-30-52(68-38-50)34-61(58)73/h7-9,11-15,18,23,25,29-30,32-33,36,38,40,44,48-49,53,55-58,60-61,66-70,72-73,75H,5-6,10,16,19-20,22,24,26-28,31,34-35,37,39H2,1-4H3/t40-,44+,48+,49+,53-,55-,56-,57+,58-,60+,61+/m1/s1. The zero-order valence-corrected chi connectivity index (χ0v) is 45.0. The highest BCUT2D eigenvalue weighted by Crippen LogP contribution is 2.48. The van der Waals surface area contributed by atoms with Gasteiger partial charge in [-0.3, -0.25) is 9.59 Å². The topological polar surface area (TPSA) is 176 Å². The van der Waals surface area contributed by atoms with Crippen LogP contribution in [0.15, 0.2) is 115 Å². The molecule has 4 aromatic carbocycles. The predicted molar refractivity (Wildman–Crippen MR) is 302 cm³/mol. The number of methoxy groups -OCH3 is 1. The van der Waals surface area contributed by atoms with Crippen LogP contribution in [-0.2, 0) is 28.9 Å². The van der Waals surface area contributed by atoms with Crippen molar-refractivity contribution in [2.24, 2.45) is 35.5 Å². The number of aryl methyl sites for hydroxylation is 1. The minimum Gasteiger partial charge on any atom is -0.504 e. The molecule has 1 saturated carbocycles. The van der Waals surface area contributed by atoms with Crippen LogP contribution in [0.4, 0.5) is 5.69 Å². The van der Waals surface area contributed by atoms with Crippen molar-refractivity contribution in [3.05, 3.63) is 148 Å². The maximum atomic E-state index is 15.2. The number of hydrogen-bond acceptors (Lipinski definition) is 10. The number of Topliss-reactive ketones (excluding diaryl/α,β-unsaturated/α-hetero) is 2. The fourth-order valence-electron chi connectivity index (χ4n) is 12.9. The van der Waals surface area contributed by atoms with Crippen LogP contribution < -0.4 is 20.7 Å². The first-order valence-corrected chi connectivity index (χ1v) is 28.2. The summed E-state index contributed by atoms with van der Waals surface area (Å²) in [6.07, 6.45) is 11.4. The second-order valence-corrected chi connectivity index (χ2v) is 22.5. The molecule has 0 unspecified atom stereocenters. The lowest BCUT2D eigenvalue weighted by molar-refractivity contribution is -0.130. The fourth-order valence-corrected chi connectivity index (χ4v) is 12.9. The van der Waals surface area contributed by atoms with Gasteiger partial charge in [0.1, 0.15) is 17.4 Å². The van der Waals surface area contributed by atoms with Gasteiger partial charge in [-0.2, -0.15) is 0 Å². The number of phenols is 1. The molecule has 402 valence electrons. The van der Waals surface area contributed by atoms with E-state index in [2.05, 4.69) is 101 Å². The number of anilines is 1. The Hall–Kier alpha value is -6.16. The number of fused-ring (bicyclic) bond motifs is 9. The maximum Gasteiger partial charge on any atom is 0.160 e. The van der Waals surface area contributed by atoms with Gasteiger partial charge in [-0.15, -0.1) is 0 Å². The Labute approximate surface area is 450 Å². The lowest BCUT2D eigenvalue weighted by Crippen LogP contribution is -2.34. The van der Waals surface area contributed by atoms with Gasteiger partial charge in [0.2, 0.25) is 0 Å². The molecule has 9 rings (SSSR count). The van der Waals surface area contributed by atoms with E-state index in [1.165, 1.54) is 7.11 Å². The number of carbonyl (C=O) groups excluding carboxylic acids is 2. The molecule has 3 heterocycles. The molecule has 0 amide bonds. The molecule has 11 atom stereocenters. The van der Waals surface area contributed by atoms with Gasteiger partial charge in [-0.05, 0) is 168 Å². The highest BCUT2D eigenvalue weighted by atomic mass is 16.5. The molecule has 8 N–H and O–H groups in total. The summed E-state index contributed by atoms with van der Waals surface area (Å²) in [5, 5.41) is 59.4. The molecule has 1 fully saturated rings. The van der Waals surface area contributed by atoms with Gasteiger partial charge < -0.3 is 46.1 Å². The number of ether oxygens (including phenoxy) is 1. The maximum absolute atomic E-state index is 15.2. The lowest BCUT2D eigenvalue weighted by atomic mass is 9.71. The number of nitrogens with one attached hydrogen (secondary N) is 4. The van der Waals surface area contributed by atoms with E-state index in [1.54, 1.807) is 6.07 Å². The molecule has 11 nitrogen and oxygen atoms in total. The zero-order valence-electron chi connectivity index (χ0n) is 45.0. The number of H-pyrrole nitrogens is 1. The third-order valence-corrected chi connectivity index (χ3v) is 17.2. The van der Waals surface area contributed by atoms with Gasteiger partial charge in [-0.1, -0.05) is 99.7 Å². The number of hydrogen-bond donors (Lipinski definition) is 8. The number of ketones is 2. The molecule has 0 saturated heterocycles. The summed E-state index contributed by atoms with van der Waals surface area (Å²) in [5.74, 6) is 6.94. The van der Waals surface area contributed by atoms with Crippen molar-refractivity contribution in [1.82, 2.24) is 15.6 Å². The number of aliphatic hydroxyl groups excluding tert-OH is 3. The SMILES string of the molecule is CCC[C@@H]1[C@H]2C[C@H](C[C@@H]3C#C[C@@H](c4ccccc4)c4cc(O)c(OC)cc4CCC(=O)CC(=O)[C@H]3C2)[C@H](CC[C@H](O)CC)C2=CCNC(=C2)Nc2ccc3ccc(cc3c2)C[C@@H](O)CNC[C@@H](C)c2c[nH]c(c2)C[C@@H]1O. The van der Waals surface area contributed by atoms with Gasteiger partial charge in [-0.25, -0.2) is 0 Å². The van der Waals surface area contributed by atoms with E-state index in [0.29, 0.717) is 76.8 Å². The summed E-state index contributed by atoms with van der Waals surface area (Å²) in [7, 11) is 1.52. The molecule has 11 heteroatoms. The Balaban J connectivity index is 1.18. The Morgan fingerprint density at radius 1 is 0.842 bits per heavy atom. The molecule has 76 heavy (non-hydrogen) atoms. The van der Waals surface area contributed by atoms with Crippen molar-refractivity contribution in [2.75, 3.05) is 32.1 Å². The molecule has 9 bridgehead atoms. The quantitative estimate of drug-likeness (QED) is 0.0552. The normalized spacial score (nSPS) is 27.2. The summed E-state index contributed by atoms with van der Waals surface area (Å²) >= 11 is 0. The van der Waals surface area contributed by atoms with E-state index in [9.17, 15) is 25.2 Å². The number of aromatic hydroxyl groups is 1. The van der Waals surface area contributed by atoms with Crippen molar-refractivity contribution in [1.29, 1.82) is 0 Å². The summed E-state index contributed by atoms with van der Waals surface area (Å²) in [6, 6.07) is 28.5. The molecule has 4 aliphatic rings. The van der Waals surface area contributed by atoms with Crippen molar-refractivity contribution in [3.8, 4) is 23.3 Å². The lowest BCUT2D eigenvalue weighted by Gasteiger charge is -2.36. The number of allylic oxidation sites excluding steroid dienone is 2. The number of aromatic nitrogens is 1. The van der Waals surface area contributed by atoms with E-state index >= 15 is 4.79 Å². The van der Waals surface area contributed by atoms with Crippen LogP contribution in [0.2, 0.25) is 0 Å². The predicted octanol–water partition coefficient (Wildman–Crippen LogP) is 10.4. The minimum absolute atomic E-state index is 0.000215. The van der Waals surface area contributed by atoms with Crippen LogP contribution in [0.3, 0.4) is 0 Å². The van der Waals surface area contributed by atoms with Gasteiger partial charge in [0, 0.05) is 61.9 Å². The van der Waals surface area contributed by atoms with E-state index in [4.69, 9.17) is 4.74 Å². The minimum atomic E-state index is -0.714. The number of rotatable bonds is 8. The highest BCUT2D eigenvalue weighted by molar-refractivity contribution is 6.00. The van der Waals surface area contributed by atoms with Gasteiger partial charge in [0.25, 0.3) is 0 Å². The average Bonchev–Trinajstić information content (AvgIpc) is 3.82. The first-order valence-electron chi connectivity index (χ1n) is 28.2. The second kappa shape index (κ2) is 25.3. The molecule has 2 aliphatic carbocycles. The third-order valence-electron chi connectivity index (χ3n) is 17.2. The average molecular weight is 1030 g/mol. The molecule has 5 aromatic rings. The van der Waals surface area contributed by atoms with E-state index in [0.717, 1.165) is 80.6 Å². The number of aromatic amines is 1. The number of β-amino-alcohol motifs (C(OH)–C–C–N with tert-alkyl or cyclic N) is 1. The van der Waals surface area contributed by atoms with Crippen molar-refractivity contribution in [2.45, 2.75) is 134 Å². The number of aliphatic hydroxyl groups is 3. The Kier molecular flexibility index (Phi) is 18.2. The summed E-state index contributed by atoms with van der Waals surface area (Å²) in [4.78, 5) is 32.8. The van der Waals surface area contributed by atoms with Crippen LogP contribution in [0, 0.1) is 47.3 Å². The first-order chi connectivity index (χ1) is 36.9. The molecular formula is C65H80N4O7. The van der Waals surface area contributed by atoms with Gasteiger partial charge >= 0.3 is 0 Å². The van der Waals surface area contributed by atoms with Crippen LogP contribution in [0.25, 0.3) is 10.8 Å². The molecule has 1 aromatic heterocycles. The molecular weight excluding hydrogens is 949 g/mol. The van der Waals surface area contributed by atoms with E-state index in [1.807, 2.05) is 49.5 Å². The smallest absolute Gasteiger partial charge is 0.160 e. The van der Waals surface area contributed by atoms with E-state index < -0.39 is 36.1 Å². The monoisotopic (exact) mass is 1030 g/mol. The number of dihydropyridines is 1. The molecule has 2 aliphatic heterocycles. The summed E-state index contributed by atoms with van der Waals surface area (Å²) in [5.41, 5.74) is 7.84. The first kappa shape index (κ1) is 54.6. The van der Waals surface area contributed by atoms with E-state index in [-0.39, 0.29) is 59.7 Å². The van der Waals surface area contributed by atoms with Crippen molar-refractivity contribution in [3.63, 3.8) is 0 Å². The Bertz CT molecular complexity index is 2930. The largest absolute Gasteiger partial charge is 0.504 e. The van der Waals surface area contributed by atoms with Crippen molar-refractivity contribution < 1.29 is 34.8 Å². The number of phenolic OH excluding ortho intramolecular Hbond substituents is 1. The summed E-state index contributed by atoms with van der Waals surface area (Å²) < 4.78 is 5.57. The summed E-state index contributed by atoms with van der Waals surface area (Å²) in [6.45, 7) is 8.09. The Morgan fingerprint density at radius 2 is 1.67 bits per heavy atom. The van der Waals surface area contributed by atoms with Crippen LogP contribution in [0.5, 0.6) is 11.5 Å². The van der Waals surface area contributed by atoms with Crippen LogP contribution in [0.1, 0.15) is 130 Å². The van der Waals surface area contributed by atoms with Gasteiger partial charge in [0.15, 0.2) is 11.5 Å². The van der Waals surface area contributed by atoms with Gasteiger partial charge in [0.05, 0.1) is 37.8 Å². The fraction of sp³-hybridized carbons (Fsp3) is 0.477. The van der Waals surface area contributed by atoms with Crippen LogP contribution >= 0.6 is 0 Å². The second-order valence-electron chi connectivity index (χ2n) is 22.5. The third kappa shape index (κ3) is 13.3. The zero-order chi connectivity index (χ0) is 53.3.